The van der Waals surface area contributed by atoms with E-state index in [0.29, 0.717) is 6.54 Å². The molecule has 0 saturated carbocycles. The minimum atomic E-state index is -3.40. The lowest BCUT2D eigenvalue weighted by Crippen LogP contribution is -2.38. The van der Waals surface area contributed by atoms with Crippen LogP contribution in [0, 0.1) is 11.8 Å². The smallest absolute Gasteiger partial charge is 0.240 e. The number of benzene rings is 1. The summed E-state index contributed by atoms with van der Waals surface area (Å²) in [6, 6.07) is 7.23. The quantitative estimate of drug-likeness (QED) is 0.818. The molecule has 1 N–H and O–H groups in total. The lowest BCUT2D eigenvalue weighted by Gasteiger charge is -2.20. The van der Waals surface area contributed by atoms with Gasteiger partial charge in [0.05, 0.1) is 0 Å². The van der Waals surface area contributed by atoms with Crippen molar-refractivity contribution in [2.75, 3.05) is 19.9 Å². The summed E-state index contributed by atoms with van der Waals surface area (Å²) in [5.74, 6) is 4.90. The van der Waals surface area contributed by atoms with E-state index in [1.165, 1.54) is 11.8 Å². The second kappa shape index (κ2) is 7.25. The van der Waals surface area contributed by atoms with Crippen molar-refractivity contribution in [1.29, 1.82) is 0 Å². The van der Waals surface area contributed by atoms with Crippen LogP contribution in [0.15, 0.2) is 24.3 Å². The summed E-state index contributed by atoms with van der Waals surface area (Å²) in [7, 11) is -1.84. The van der Waals surface area contributed by atoms with E-state index in [1.807, 2.05) is 6.07 Å². The van der Waals surface area contributed by atoms with Gasteiger partial charge in [-0.15, -0.1) is 0 Å². The highest BCUT2D eigenvalue weighted by molar-refractivity contribution is 7.92. The number of aliphatic hydroxyl groups excluding tert-OH is 1. The Balaban J connectivity index is 2.84. The SMILES string of the molecule is CC(C(=O)N(C)Cc1cccc(C#CCO)c1)S(C)(=O)=O. The van der Waals surface area contributed by atoms with E-state index < -0.39 is 21.0 Å². The fourth-order valence-electron chi connectivity index (χ4n) is 1.73. The molecule has 6 heteroatoms. The van der Waals surface area contributed by atoms with Gasteiger partial charge < -0.3 is 10.0 Å². The van der Waals surface area contributed by atoms with Gasteiger partial charge in [-0.2, -0.15) is 0 Å². The first-order chi connectivity index (χ1) is 9.75. The van der Waals surface area contributed by atoms with Crippen LogP contribution in [0.1, 0.15) is 18.1 Å². The molecule has 0 fully saturated rings. The summed E-state index contributed by atoms with van der Waals surface area (Å²) in [6.45, 7) is 1.47. The maximum atomic E-state index is 12.0. The highest BCUT2D eigenvalue weighted by atomic mass is 32.2. The van der Waals surface area contributed by atoms with Crippen molar-refractivity contribution in [2.24, 2.45) is 0 Å². The van der Waals surface area contributed by atoms with Gasteiger partial charge in [0.1, 0.15) is 11.9 Å². The summed E-state index contributed by atoms with van der Waals surface area (Å²) in [6.07, 6.45) is 1.05. The average molecular weight is 309 g/mol. The molecule has 0 aromatic heterocycles. The Morgan fingerprint density at radius 2 is 2.10 bits per heavy atom. The molecule has 1 unspecified atom stereocenters. The van der Waals surface area contributed by atoms with Crippen LogP contribution in [0.2, 0.25) is 0 Å². The molecule has 1 atom stereocenters. The van der Waals surface area contributed by atoms with Crippen molar-refractivity contribution in [3.8, 4) is 11.8 Å². The Morgan fingerprint density at radius 3 is 2.67 bits per heavy atom. The Hall–Kier alpha value is -1.84. The highest BCUT2D eigenvalue weighted by Gasteiger charge is 2.26. The average Bonchev–Trinajstić information content (AvgIpc) is 2.42. The molecule has 1 rings (SSSR count). The summed E-state index contributed by atoms with van der Waals surface area (Å²) < 4.78 is 22.8. The zero-order valence-corrected chi connectivity index (χ0v) is 13.1. The summed E-state index contributed by atoms with van der Waals surface area (Å²) in [5.41, 5.74) is 1.58. The lowest BCUT2D eigenvalue weighted by molar-refractivity contribution is -0.129. The van der Waals surface area contributed by atoms with E-state index in [0.717, 1.165) is 17.4 Å². The van der Waals surface area contributed by atoms with Crippen molar-refractivity contribution in [3.63, 3.8) is 0 Å². The third kappa shape index (κ3) is 5.21. The molecule has 0 aliphatic carbocycles. The van der Waals surface area contributed by atoms with Crippen LogP contribution < -0.4 is 0 Å². The molecule has 0 radical (unpaired) electrons. The maximum absolute atomic E-state index is 12.0. The van der Waals surface area contributed by atoms with Gasteiger partial charge in [-0.3, -0.25) is 4.79 Å². The molecule has 0 spiro atoms. The third-order valence-electron chi connectivity index (χ3n) is 3.02. The molecular formula is C15H19NO4S. The first-order valence-corrected chi connectivity index (χ1v) is 8.33. The Bertz CT molecular complexity index is 670. The Labute approximate surface area is 125 Å². The van der Waals surface area contributed by atoms with E-state index in [-0.39, 0.29) is 6.61 Å². The molecule has 114 valence electrons. The normalized spacial score (nSPS) is 12.2. The molecule has 1 aromatic carbocycles. The van der Waals surface area contributed by atoms with Gasteiger partial charge in [0.2, 0.25) is 5.91 Å². The number of carbonyl (C=O) groups is 1. The van der Waals surface area contributed by atoms with E-state index in [4.69, 9.17) is 5.11 Å². The van der Waals surface area contributed by atoms with Crippen LogP contribution in [0.3, 0.4) is 0 Å². The van der Waals surface area contributed by atoms with Gasteiger partial charge in [0.25, 0.3) is 0 Å². The molecule has 0 heterocycles. The minimum Gasteiger partial charge on any atom is -0.384 e. The van der Waals surface area contributed by atoms with E-state index in [1.54, 1.807) is 25.2 Å². The second-order valence-corrected chi connectivity index (χ2v) is 7.19. The largest absolute Gasteiger partial charge is 0.384 e. The zero-order valence-electron chi connectivity index (χ0n) is 12.3. The standard InChI is InChI=1S/C15H19NO4S/c1-12(21(3,19)20)15(18)16(2)11-14-7-4-6-13(10-14)8-5-9-17/h4,6-7,10,12,17H,9,11H2,1-3H3. The molecule has 0 saturated heterocycles. The first kappa shape index (κ1) is 17.2. The summed E-state index contributed by atoms with van der Waals surface area (Å²) in [4.78, 5) is 13.4. The van der Waals surface area contributed by atoms with Crippen LogP contribution in [0.4, 0.5) is 0 Å². The molecule has 1 aromatic rings. The van der Waals surface area contributed by atoms with Crippen molar-refractivity contribution in [3.05, 3.63) is 35.4 Å². The molecule has 0 aliphatic rings. The topological polar surface area (TPSA) is 74.7 Å². The lowest BCUT2D eigenvalue weighted by atomic mass is 10.1. The van der Waals surface area contributed by atoms with Crippen LogP contribution in [-0.2, 0) is 21.2 Å². The number of carbonyl (C=O) groups excluding carboxylic acids is 1. The number of rotatable bonds is 4. The van der Waals surface area contributed by atoms with Crippen LogP contribution in [0.5, 0.6) is 0 Å². The van der Waals surface area contributed by atoms with Crippen LogP contribution >= 0.6 is 0 Å². The van der Waals surface area contributed by atoms with Crippen molar-refractivity contribution in [1.82, 2.24) is 4.90 Å². The number of amides is 1. The number of sulfone groups is 1. The van der Waals surface area contributed by atoms with Gasteiger partial charge >= 0.3 is 0 Å². The van der Waals surface area contributed by atoms with Gasteiger partial charge in [0.15, 0.2) is 9.84 Å². The number of nitrogens with zero attached hydrogens (tertiary/aromatic N) is 1. The highest BCUT2D eigenvalue weighted by Crippen LogP contribution is 2.10. The number of aliphatic hydroxyl groups is 1. The molecule has 0 bridgehead atoms. The van der Waals surface area contributed by atoms with Crippen LogP contribution in [-0.4, -0.2) is 49.5 Å². The second-order valence-electron chi connectivity index (χ2n) is 4.83. The predicted molar refractivity (Wildman–Crippen MR) is 81.2 cm³/mol. The van der Waals surface area contributed by atoms with Crippen molar-refractivity contribution in [2.45, 2.75) is 18.7 Å². The van der Waals surface area contributed by atoms with Crippen molar-refractivity contribution >= 4 is 15.7 Å². The zero-order chi connectivity index (χ0) is 16.0. The summed E-state index contributed by atoms with van der Waals surface area (Å²) >= 11 is 0. The first-order valence-electron chi connectivity index (χ1n) is 6.38. The third-order valence-corrected chi connectivity index (χ3v) is 4.51. The summed E-state index contributed by atoms with van der Waals surface area (Å²) in [5, 5.41) is 7.61. The van der Waals surface area contributed by atoms with Gasteiger partial charge in [-0.1, -0.05) is 24.0 Å². The minimum absolute atomic E-state index is 0.214. The van der Waals surface area contributed by atoms with Gasteiger partial charge in [-0.25, -0.2) is 8.42 Å². The molecule has 5 nitrogen and oxygen atoms in total. The van der Waals surface area contributed by atoms with Gasteiger partial charge in [-0.05, 0) is 24.6 Å². The Morgan fingerprint density at radius 1 is 1.43 bits per heavy atom. The fourth-order valence-corrected chi connectivity index (χ4v) is 2.28. The van der Waals surface area contributed by atoms with Gasteiger partial charge in [0, 0.05) is 25.4 Å². The van der Waals surface area contributed by atoms with E-state index >= 15 is 0 Å². The fraction of sp³-hybridized carbons (Fsp3) is 0.400. The maximum Gasteiger partial charge on any atom is 0.240 e. The molecule has 21 heavy (non-hydrogen) atoms. The monoisotopic (exact) mass is 309 g/mol. The number of hydrogen-bond acceptors (Lipinski definition) is 4. The predicted octanol–water partition coefficient (Wildman–Crippen LogP) is 0.422. The number of hydrogen-bond donors (Lipinski definition) is 1. The molecule has 0 aliphatic heterocycles. The van der Waals surface area contributed by atoms with Crippen molar-refractivity contribution < 1.29 is 18.3 Å². The molecule has 1 amide bonds. The van der Waals surface area contributed by atoms with Crippen LogP contribution in [0.25, 0.3) is 0 Å². The van der Waals surface area contributed by atoms with E-state index in [2.05, 4.69) is 11.8 Å². The Kier molecular flexibility index (Phi) is 5.94. The van der Waals surface area contributed by atoms with E-state index in [9.17, 15) is 13.2 Å². The molecular weight excluding hydrogens is 290 g/mol.